The number of nitrogens with zero attached hydrogens (tertiary/aromatic N) is 4. The van der Waals surface area contributed by atoms with Crippen molar-refractivity contribution in [2.24, 2.45) is 7.05 Å². The summed E-state index contributed by atoms with van der Waals surface area (Å²) >= 11 is 6.67. The Morgan fingerprint density at radius 3 is 2.64 bits per heavy atom. The third kappa shape index (κ3) is 4.79. The van der Waals surface area contributed by atoms with Crippen LogP contribution in [0.1, 0.15) is 17.1 Å². The second-order valence-electron chi connectivity index (χ2n) is 5.45. The highest BCUT2D eigenvalue weighted by Gasteiger charge is 2.35. The van der Waals surface area contributed by atoms with Gasteiger partial charge < -0.3 is 9.09 Å². The summed E-state index contributed by atoms with van der Waals surface area (Å²) in [6.07, 6.45) is 4.69. The fourth-order valence-corrected chi connectivity index (χ4v) is 3.14. The van der Waals surface area contributed by atoms with Gasteiger partial charge in [-0.1, -0.05) is 29.4 Å². The molecule has 0 radical (unpaired) electrons. The molecule has 0 aliphatic heterocycles. The van der Waals surface area contributed by atoms with Gasteiger partial charge in [-0.05, 0) is 29.3 Å². The number of rotatable bonds is 7. The molecule has 0 aliphatic carbocycles. The lowest BCUT2D eigenvalue weighted by atomic mass is 10.1. The van der Waals surface area contributed by atoms with Crippen molar-refractivity contribution in [2.45, 2.75) is 17.6 Å². The highest BCUT2D eigenvalue weighted by Crippen LogP contribution is 2.32. The van der Waals surface area contributed by atoms with Crippen LogP contribution in [0.4, 0.5) is 8.78 Å². The van der Waals surface area contributed by atoms with E-state index in [-0.39, 0.29) is 5.82 Å². The van der Waals surface area contributed by atoms with Crippen molar-refractivity contribution in [2.75, 3.05) is 5.75 Å². The van der Waals surface area contributed by atoms with Gasteiger partial charge in [0.15, 0.2) is 0 Å². The Morgan fingerprint density at radius 1 is 1.28 bits per heavy atom. The number of thioether (sulfide) groups is 1. The van der Waals surface area contributed by atoms with Gasteiger partial charge in [-0.25, -0.2) is 4.98 Å². The average Bonchev–Trinajstić information content (AvgIpc) is 3.21. The van der Waals surface area contributed by atoms with Crippen LogP contribution in [0.3, 0.4) is 0 Å². The van der Waals surface area contributed by atoms with Crippen molar-refractivity contribution in [1.29, 1.82) is 0 Å². The van der Waals surface area contributed by atoms with Crippen LogP contribution >= 0.6 is 23.4 Å². The number of alkyl halides is 3. The summed E-state index contributed by atoms with van der Waals surface area (Å²) < 4.78 is 32.2. The molecule has 0 amide bonds. The lowest BCUT2D eigenvalue weighted by Gasteiger charge is -2.02. The van der Waals surface area contributed by atoms with Crippen LogP contribution in [-0.2, 0) is 24.6 Å². The van der Waals surface area contributed by atoms with Crippen molar-refractivity contribution < 1.29 is 13.3 Å². The molecule has 0 saturated carbocycles. The van der Waals surface area contributed by atoms with E-state index < -0.39 is 11.3 Å². The SMILES string of the molecule is Cn1cnc(CSCCc2ccc(-c3noc(C(F)(F)Cl)n3)cc2)c1. The molecule has 0 saturated heterocycles. The van der Waals surface area contributed by atoms with Gasteiger partial charge in [-0.2, -0.15) is 25.5 Å². The highest BCUT2D eigenvalue weighted by atomic mass is 35.5. The van der Waals surface area contributed by atoms with Gasteiger partial charge in [0, 0.05) is 24.6 Å². The van der Waals surface area contributed by atoms with Gasteiger partial charge in [-0.3, -0.25) is 0 Å². The molecule has 2 aromatic heterocycles. The van der Waals surface area contributed by atoms with E-state index in [4.69, 9.17) is 11.6 Å². The number of halogens is 3. The topological polar surface area (TPSA) is 56.7 Å². The number of aromatic nitrogens is 4. The van der Waals surface area contributed by atoms with Crippen molar-refractivity contribution in [3.63, 3.8) is 0 Å². The van der Waals surface area contributed by atoms with Crippen molar-refractivity contribution in [3.05, 3.63) is 53.9 Å². The predicted molar refractivity (Wildman–Crippen MR) is 92.6 cm³/mol. The van der Waals surface area contributed by atoms with E-state index in [0.717, 1.165) is 29.2 Å². The Bertz CT molecular complexity index is 829. The number of benzene rings is 1. The molecule has 9 heteroatoms. The van der Waals surface area contributed by atoms with Crippen LogP contribution in [0, 0.1) is 0 Å². The fraction of sp³-hybridized carbons (Fsp3) is 0.312. The molecule has 132 valence electrons. The normalized spacial score (nSPS) is 11.8. The zero-order chi connectivity index (χ0) is 17.9. The number of aryl methyl sites for hydroxylation is 2. The Kier molecular flexibility index (Phi) is 5.39. The molecule has 0 unspecified atom stereocenters. The minimum absolute atomic E-state index is 0.0893. The smallest absolute Gasteiger partial charge is 0.340 e. The molecule has 0 bridgehead atoms. The molecule has 0 spiro atoms. The van der Waals surface area contributed by atoms with Gasteiger partial charge in [0.2, 0.25) is 5.82 Å². The van der Waals surface area contributed by atoms with E-state index in [0.29, 0.717) is 5.56 Å². The van der Waals surface area contributed by atoms with E-state index in [9.17, 15) is 8.78 Å². The summed E-state index contributed by atoms with van der Waals surface area (Å²) in [7, 11) is 1.95. The quantitative estimate of drug-likeness (QED) is 0.450. The van der Waals surface area contributed by atoms with E-state index in [1.54, 1.807) is 18.5 Å². The van der Waals surface area contributed by atoms with E-state index >= 15 is 0 Å². The minimum Gasteiger partial charge on any atom is -0.340 e. The lowest BCUT2D eigenvalue weighted by Crippen LogP contribution is -2.03. The van der Waals surface area contributed by atoms with Gasteiger partial charge >= 0.3 is 11.3 Å². The number of hydrogen-bond donors (Lipinski definition) is 0. The molecule has 0 atom stereocenters. The first kappa shape index (κ1) is 17.9. The monoisotopic (exact) mass is 384 g/mol. The minimum atomic E-state index is -3.66. The molecule has 0 fully saturated rings. The maximum absolute atomic E-state index is 12.9. The number of hydrogen-bond acceptors (Lipinski definition) is 5. The van der Waals surface area contributed by atoms with Crippen LogP contribution in [0.15, 0.2) is 41.3 Å². The van der Waals surface area contributed by atoms with E-state index in [1.807, 2.05) is 41.7 Å². The lowest BCUT2D eigenvalue weighted by molar-refractivity contribution is 0.0551. The average molecular weight is 385 g/mol. The molecule has 1 aromatic carbocycles. The molecular formula is C16H15ClF2N4OS. The maximum Gasteiger partial charge on any atom is 0.400 e. The molecule has 0 N–H and O–H groups in total. The highest BCUT2D eigenvalue weighted by molar-refractivity contribution is 7.98. The Balaban J connectivity index is 1.52. The first-order valence-corrected chi connectivity index (χ1v) is 9.00. The summed E-state index contributed by atoms with van der Waals surface area (Å²) in [5, 5.41) is -0.127. The van der Waals surface area contributed by atoms with Crippen molar-refractivity contribution in [3.8, 4) is 11.4 Å². The van der Waals surface area contributed by atoms with Crippen molar-refractivity contribution >= 4 is 23.4 Å². The van der Waals surface area contributed by atoms with Crippen LogP contribution in [0.25, 0.3) is 11.4 Å². The third-order valence-electron chi connectivity index (χ3n) is 3.42. The second kappa shape index (κ2) is 7.53. The summed E-state index contributed by atoms with van der Waals surface area (Å²) in [5.41, 5.74) is 2.80. The molecular weight excluding hydrogens is 370 g/mol. The molecule has 2 heterocycles. The van der Waals surface area contributed by atoms with E-state index in [1.165, 1.54) is 0 Å². The Labute approximate surface area is 152 Å². The standard InChI is InChI=1S/C16H15ClF2N4OS/c1-23-8-13(20-10-23)9-25-7-6-11-2-4-12(5-3-11)14-21-15(24-22-14)16(17,18)19/h2-5,8,10H,6-7,9H2,1H3. The zero-order valence-corrected chi connectivity index (χ0v) is 14.9. The summed E-state index contributed by atoms with van der Waals surface area (Å²) in [6.45, 7) is 0. The first-order chi connectivity index (χ1) is 11.9. The molecule has 0 aliphatic rings. The Morgan fingerprint density at radius 2 is 2.04 bits per heavy atom. The van der Waals surface area contributed by atoms with Gasteiger partial charge in [0.05, 0.1) is 12.0 Å². The van der Waals surface area contributed by atoms with Crippen LogP contribution in [0.2, 0.25) is 0 Å². The van der Waals surface area contributed by atoms with E-state index in [2.05, 4.69) is 19.6 Å². The first-order valence-electron chi connectivity index (χ1n) is 7.46. The third-order valence-corrected chi connectivity index (χ3v) is 4.58. The predicted octanol–water partition coefficient (Wildman–Crippen LogP) is 4.23. The second-order valence-corrected chi connectivity index (χ2v) is 7.03. The van der Waals surface area contributed by atoms with Gasteiger partial charge in [0.1, 0.15) is 0 Å². The van der Waals surface area contributed by atoms with Crippen LogP contribution in [0.5, 0.6) is 0 Å². The fourth-order valence-electron chi connectivity index (χ4n) is 2.18. The van der Waals surface area contributed by atoms with Gasteiger partial charge in [-0.15, -0.1) is 0 Å². The number of imidazole rings is 1. The molecule has 5 nitrogen and oxygen atoms in total. The summed E-state index contributed by atoms with van der Waals surface area (Å²) in [4.78, 5) is 7.90. The Hall–Kier alpha value is -1.93. The maximum atomic E-state index is 12.9. The van der Waals surface area contributed by atoms with Crippen LogP contribution in [-0.4, -0.2) is 25.4 Å². The largest absolute Gasteiger partial charge is 0.400 e. The van der Waals surface area contributed by atoms with Crippen LogP contribution < -0.4 is 0 Å². The molecule has 3 rings (SSSR count). The van der Waals surface area contributed by atoms with Gasteiger partial charge in [0.25, 0.3) is 0 Å². The zero-order valence-electron chi connectivity index (χ0n) is 13.3. The summed E-state index contributed by atoms with van der Waals surface area (Å²) in [5.74, 6) is 1.02. The summed E-state index contributed by atoms with van der Waals surface area (Å²) in [6, 6.07) is 7.40. The molecule has 25 heavy (non-hydrogen) atoms. The molecule has 3 aromatic rings. The van der Waals surface area contributed by atoms with Crippen molar-refractivity contribution in [1.82, 2.24) is 19.7 Å².